The molecule has 0 radical (unpaired) electrons. The van der Waals surface area contributed by atoms with E-state index in [2.05, 4.69) is 16.5 Å². The van der Waals surface area contributed by atoms with E-state index in [4.69, 9.17) is 0 Å². The van der Waals surface area contributed by atoms with E-state index >= 15 is 0 Å². The minimum atomic E-state index is -4.23. The quantitative estimate of drug-likeness (QED) is 0.660. The summed E-state index contributed by atoms with van der Waals surface area (Å²) in [7, 11) is -3.79. The summed E-state index contributed by atoms with van der Waals surface area (Å²) in [5.74, 6) is 0.483. The molecule has 3 rings (SSSR count). The van der Waals surface area contributed by atoms with Gasteiger partial charge in [0.25, 0.3) is 10.0 Å². The summed E-state index contributed by atoms with van der Waals surface area (Å²) in [6.45, 7) is 5.31. The van der Waals surface area contributed by atoms with Gasteiger partial charge in [-0.2, -0.15) is 13.2 Å². The predicted molar refractivity (Wildman–Crippen MR) is 108 cm³/mol. The molecular weight excluding hydrogens is 401 g/mol. The molecule has 1 aliphatic heterocycles. The Morgan fingerprint density at radius 1 is 1.03 bits per heavy atom. The fourth-order valence-electron chi connectivity index (χ4n) is 3.44. The Hall–Kier alpha value is -2.06. The van der Waals surface area contributed by atoms with Crippen LogP contribution in [0.4, 0.5) is 18.9 Å². The summed E-state index contributed by atoms with van der Waals surface area (Å²) >= 11 is 0. The van der Waals surface area contributed by atoms with Crippen molar-refractivity contribution < 1.29 is 21.6 Å². The van der Waals surface area contributed by atoms with Crippen LogP contribution >= 0.6 is 0 Å². The highest BCUT2D eigenvalue weighted by Gasteiger charge is 2.27. The number of anilines is 1. The molecule has 0 unspecified atom stereocenters. The Balaban J connectivity index is 1.59. The molecule has 1 N–H and O–H groups in total. The highest BCUT2D eigenvalue weighted by atomic mass is 32.2. The van der Waals surface area contributed by atoms with Crippen LogP contribution in [0, 0.1) is 0 Å². The van der Waals surface area contributed by atoms with Crippen LogP contribution < -0.4 is 4.72 Å². The van der Waals surface area contributed by atoms with Gasteiger partial charge in [0, 0.05) is 31.1 Å². The molecule has 29 heavy (non-hydrogen) atoms. The number of benzene rings is 2. The van der Waals surface area contributed by atoms with Gasteiger partial charge >= 0.3 is 6.18 Å². The van der Waals surface area contributed by atoms with E-state index in [1.165, 1.54) is 29.8 Å². The number of aryl methyl sites for hydroxylation is 1. The summed E-state index contributed by atoms with van der Waals surface area (Å²) < 4.78 is 64.5. The van der Waals surface area contributed by atoms with Gasteiger partial charge in [0.1, 0.15) is 0 Å². The number of nitrogens with one attached hydrogen (secondary N) is 1. The average Bonchev–Trinajstić information content (AvgIpc) is 2.63. The topological polar surface area (TPSA) is 49.4 Å². The summed E-state index contributed by atoms with van der Waals surface area (Å²) in [5, 5.41) is 0. The number of nitrogens with zero attached hydrogens (tertiary/aromatic N) is 1. The fraction of sp³-hybridized carbons (Fsp3) is 0.429. The maximum atomic E-state index is 12.5. The van der Waals surface area contributed by atoms with Crippen LogP contribution in [0.3, 0.4) is 0 Å². The number of hydrogen-bond acceptors (Lipinski definition) is 3. The predicted octanol–water partition coefficient (Wildman–Crippen LogP) is 4.79. The van der Waals surface area contributed by atoms with Gasteiger partial charge in [-0.15, -0.1) is 0 Å². The van der Waals surface area contributed by atoms with Crippen LogP contribution in [-0.2, 0) is 16.4 Å². The summed E-state index contributed by atoms with van der Waals surface area (Å²) in [4.78, 5) is 2.41. The van der Waals surface area contributed by atoms with Gasteiger partial charge in [0.15, 0.2) is 0 Å². The molecule has 0 bridgehead atoms. The average molecular weight is 427 g/mol. The van der Waals surface area contributed by atoms with Crippen molar-refractivity contribution in [1.82, 2.24) is 4.90 Å². The Morgan fingerprint density at radius 3 is 2.21 bits per heavy atom. The zero-order chi connectivity index (χ0) is 21.1. The van der Waals surface area contributed by atoms with E-state index in [0.29, 0.717) is 17.2 Å². The second kappa shape index (κ2) is 8.75. The van der Waals surface area contributed by atoms with E-state index in [1.54, 1.807) is 12.1 Å². The molecule has 0 spiro atoms. The Bertz CT molecular complexity index is 904. The number of hydrogen-bond donors (Lipinski definition) is 1. The number of likely N-dealkylation sites (tertiary alicyclic amines) is 1. The van der Waals surface area contributed by atoms with E-state index in [-0.39, 0.29) is 11.3 Å². The second-order valence-electron chi connectivity index (χ2n) is 7.44. The highest BCUT2D eigenvalue weighted by molar-refractivity contribution is 7.92. The van der Waals surface area contributed by atoms with Gasteiger partial charge < -0.3 is 4.90 Å². The summed E-state index contributed by atoms with van der Waals surface area (Å²) in [5.41, 5.74) is 2.09. The van der Waals surface area contributed by atoms with E-state index in [0.717, 1.165) is 26.1 Å². The summed E-state index contributed by atoms with van der Waals surface area (Å²) in [6.07, 6.45) is -4.19. The lowest BCUT2D eigenvalue weighted by atomic mass is 9.91. The van der Waals surface area contributed by atoms with Gasteiger partial charge in [-0.1, -0.05) is 31.2 Å². The molecule has 0 saturated carbocycles. The zero-order valence-corrected chi connectivity index (χ0v) is 17.1. The number of halogens is 3. The van der Waals surface area contributed by atoms with Crippen LogP contribution in [-0.4, -0.2) is 39.1 Å². The van der Waals surface area contributed by atoms with Gasteiger partial charge in [0.05, 0.1) is 4.90 Å². The monoisotopic (exact) mass is 426 g/mol. The largest absolute Gasteiger partial charge is 0.389 e. The lowest BCUT2D eigenvalue weighted by Crippen LogP contribution is -2.45. The Kier molecular flexibility index (Phi) is 6.53. The van der Waals surface area contributed by atoms with Gasteiger partial charge in [-0.25, -0.2) is 8.42 Å². The maximum absolute atomic E-state index is 12.5. The van der Waals surface area contributed by atoms with Crippen molar-refractivity contribution >= 4 is 15.7 Å². The molecule has 1 saturated heterocycles. The molecular formula is C21H25F3N2O2S. The first-order valence-electron chi connectivity index (χ1n) is 9.67. The highest BCUT2D eigenvalue weighted by Crippen LogP contribution is 2.28. The fourth-order valence-corrected chi connectivity index (χ4v) is 4.50. The van der Waals surface area contributed by atoms with Crippen molar-refractivity contribution in [2.75, 3.05) is 24.4 Å². The third-order valence-electron chi connectivity index (χ3n) is 5.06. The van der Waals surface area contributed by atoms with Crippen molar-refractivity contribution in [3.05, 3.63) is 59.7 Å². The molecule has 2 aromatic carbocycles. The second-order valence-corrected chi connectivity index (χ2v) is 9.13. The van der Waals surface area contributed by atoms with Crippen molar-refractivity contribution in [2.24, 2.45) is 0 Å². The molecule has 1 fully saturated rings. The van der Waals surface area contributed by atoms with Crippen molar-refractivity contribution in [3.63, 3.8) is 0 Å². The van der Waals surface area contributed by atoms with Crippen LogP contribution in [0.5, 0.6) is 0 Å². The minimum Gasteiger partial charge on any atom is -0.302 e. The van der Waals surface area contributed by atoms with E-state index in [1.807, 2.05) is 12.1 Å². The van der Waals surface area contributed by atoms with Gasteiger partial charge in [-0.3, -0.25) is 4.72 Å². The van der Waals surface area contributed by atoms with Crippen molar-refractivity contribution in [1.29, 1.82) is 0 Å². The van der Waals surface area contributed by atoms with Gasteiger partial charge in [-0.05, 0) is 54.8 Å². The molecule has 0 amide bonds. The van der Waals surface area contributed by atoms with E-state index < -0.39 is 22.6 Å². The van der Waals surface area contributed by atoms with Crippen molar-refractivity contribution in [3.8, 4) is 0 Å². The molecule has 4 nitrogen and oxygen atoms in total. The van der Waals surface area contributed by atoms with Crippen LogP contribution in [0.15, 0.2) is 53.4 Å². The molecule has 8 heteroatoms. The number of alkyl halides is 3. The van der Waals surface area contributed by atoms with Crippen molar-refractivity contribution in [2.45, 2.75) is 43.2 Å². The first kappa shape index (κ1) is 21.6. The molecule has 158 valence electrons. The molecule has 1 aliphatic rings. The number of sulfonamides is 1. The molecule has 1 heterocycles. The normalized spacial score (nSPS) is 15.9. The molecule has 2 aromatic rings. The first-order chi connectivity index (χ1) is 13.7. The van der Waals surface area contributed by atoms with Gasteiger partial charge in [0.2, 0.25) is 0 Å². The SMILES string of the molecule is CCCN1CC(c2ccc(NS(=O)(=O)c3ccc(CCC(F)(F)F)cc3)cc2)C1. The zero-order valence-electron chi connectivity index (χ0n) is 16.2. The molecule has 0 aromatic heterocycles. The number of rotatable bonds is 8. The van der Waals surface area contributed by atoms with Crippen LogP contribution in [0.1, 0.15) is 36.8 Å². The molecule has 0 atom stereocenters. The maximum Gasteiger partial charge on any atom is 0.389 e. The smallest absolute Gasteiger partial charge is 0.302 e. The lowest BCUT2D eigenvalue weighted by molar-refractivity contribution is -0.134. The van der Waals surface area contributed by atoms with Crippen LogP contribution in [0.2, 0.25) is 0 Å². The minimum absolute atomic E-state index is 0.0199. The lowest BCUT2D eigenvalue weighted by Gasteiger charge is -2.39. The van der Waals surface area contributed by atoms with Crippen LogP contribution in [0.25, 0.3) is 0 Å². The Labute approximate surface area is 169 Å². The third kappa shape index (κ3) is 5.96. The first-order valence-corrected chi connectivity index (χ1v) is 11.2. The summed E-state index contributed by atoms with van der Waals surface area (Å²) in [6, 6.07) is 12.9. The van der Waals surface area contributed by atoms with E-state index in [9.17, 15) is 21.6 Å². The standard InChI is InChI=1S/C21H25F3N2O2S/c1-2-13-26-14-18(15-26)17-5-7-19(8-6-17)25-29(27,28)20-9-3-16(4-10-20)11-12-21(22,23)24/h3-10,18,25H,2,11-15H2,1H3. The molecule has 0 aliphatic carbocycles. The third-order valence-corrected chi connectivity index (χ3v) is 6.46. The Morgan fingerprint density at radius 2 is 1.66 bits per heavy atom.